The molecule has 3 heterocycles. The maximum Gasteiger partial charge on any atom is 0.265 e. The predicted octanol–water partition coefficient (Wildman–Crippen LogP) is 3.90. The van der Waals surface area contributed by atoms with E-state index in [2.05, 4.69) is 29.7 Å². The van der Waals surface area contributed by atoms with Gasteiger partial charge in [0.05, 0.1) is 11.3 Å². The Hall–Kier alpha value is -2.37. The van der Waals surface area contributed by atoms with Crippen molar-refractivity contribution in [2.24, 2.45) is 0 Å². The van der Waals surface area contributed by atoms with Gasteiger partial charge in [-0.15, -0.1) is 12.4 Å². The maximum atomic E-state index is 13.2. The van der Waals surface area contributed by atoms with Crippen molar-refractivity contribution in [1.29, 1.82) is 0 Å². The van der Waals surface area contributed by atoms with Gasteiger partial charge in [-0.3, -0.25) is 9.20 Å². The molecule has 1 aromatic carbocycles. The topological polar surface area (TPSA) is 58.4 Å². The van der Waals surface area contributed by atoms with Gasteiger partial charge in [0.1, 0.15) is 5.65 Å². The molecule has 1 atom stereocenters. The third kappa shape index (κ3) is 4.21. The van der Waals surface area contributed by atoms with Gasteiger partial charge in [-0.05, 0) is 55.6 Å². The fourth-order valence-corrected chi connectivity index (χ4v) is 3.70. The molecule has 28 heavy (non-hydrogen) atoms. The molecule has 1 fully saturated rings. The van der Waals surface area contributed by atoms with Crippen LogP contribution in [0.4, 0.5) is 5.69 Å². The minimum Gasteiger partial charge on any atom is -0.381 e. The van der Waals surface area contributed by atoms with Crippen LogP contribution in [0.5, 0.6) is 0 Å². The average molecular weight is 399 g/mol. The van der Waals surface area contributed by atoms with E-state index in [1.165, 1.54) is 0 Å². The highest BCUT2D eigenvalue weighted by molar-refractivity contribution is 5.85. The standard InChI is InChI=1S/C22H26N4O.ClH/c1-2-3-6-19-21(22(27)26-14-5-4-7-20(26)25-19)16-8-10-17(11-9-16)24-18-12-13-23-15-18;/h4-5,7-11,14,18,23-24H,2-3,6,12-13,15H2,1H3;1H. The molecule has 2 aromatic heterocycles. The molecule has 0 amide bonds. The third-order valence-electron chi connectivity index (χ3n) is 5.18. The highest BCUT2D eigenvalue weighted by Gasteiger charge is 2.16. The number of unbranched alkanes of at least 4 members (excludes halogenated alkanes) is 1. The van der Waals surface area contributed by atoms with E-state index in [1.54, 1.807) is 10.6 Å². The van der Waals surface area contributed by atoms with Crippen LogP contribution in [-0.4, -0.2) is 28.5 Å². The molecule has 0 bridgehead atoms. The Kier molecular flexibility index (Phi) is 6.70. The number of pyridine rings is 1. The maximum absolute atomic E-state index is 13.2. The van der Waals surface area contributed by atoms with Crippen molar-refractivity contribution < 1.29 is 0 Å². The number of halogens is 1. The third-order valence-corrected chi connectivity index (χ3v) is 5.18. The van der Waals surface area contributed by atoms with Crippen LogP contribution in [-0.2, 0) is 6.42 Å². The lowest BCUT2D eigenvalue weighted by Crippen LogP contribution is -2.22. The number of aromatic nitrogens is 2. The SMILES string of the molecule is CCCCc1nc2ccccn2c(=O)c1-c1ccc(NC2CCNC2)cc1.Cl. The molecule has 1 aliphatic rings. The summed E-state index contributed by atoms with van der Waals surface area (Å²) in [5, 5.41) is 6.92. The molecular formula is C22H27ClN4O. The minimum atomic E-state index is 0. The fourth-order valence-electron chi connectivity index (χ4n) is 3.70. The van der Waals surface area contributed by atoms with Crippen molar-refractivity contribution in [1.82, 2.24) is 14.7 Å². The van der Waals surface area contributed by atoms with Gasteiger partial charge in [0.25, 0.3) is 5.56 Å². The van der Waals surface area contributed by atoms with Crippen molar-refractivity contribution in [2.75, 3.05) is 18.4 Å². The summed E-state index contributed by atoms with van der Waals surface area (Å²) in [4.78, 5) is 18.0. The zero-order valence-electron chi connectivity index (χ0n) is 16.1. The molecule has 0 radical (unpaired) electrons. The van der Waals surface area contributed by atoms with E-state index < -0.39 is 0 Å². The summed E-state index contributed by atoms with van der Waals surface area (Å²) in [6, 6.07) is 14.4. The lowest BCUT2D eigenvalue weighted by molar-refractivity contribution is 0.774. The fraction of sp³-hybridized carbons (Fsp3) is 0.364. The smallest absolute Gasteiger partial charge is 0.265 e. The lowest BCUT2D eigenvalue weighted by atomic mass is 10.0. The van der Waals surface area contributed by atoms with E-state index >= 15 is 0 Å². The average Bonchev–Trinajstić information content (AvgIpc) is 3.20. The molecule has 4 rings (SSSR count). The number of benzene rings is 1. The largest absolute Gasteiger partial charge is 0.381 e. The van der Waals surface area contributed by atoms with Crippen molar-refractivity contribution in [2.45, 2.75) is 38.6 Å². The Morgan fingerprint density at radius 3 is 2.75 bits per heavy atom. The first kappa shape index (κ1) is 20.4. The molecule has 0 saturated carbocycles. The normalized spacial score (nSPS) is 16.1. The number of hydrogen-bond donors (Lipinski definition) is 2. The first-order valence-electron chi connectivity index (χ1n) is 9.84. The Morgan fingerprint density at radius 2 is 2.04 bits per heavy atom. The summed E-state index contributed by atoms with van der Waals surface area (Å²) in [5.74, 6) is 0. The molecule has 0 aliphatic carbocycles. The van der Waals surface area contributed by atoms with Gasteiger partial charge in [0.2, 0.25) is 0 Å². The number of aryl methyl sites for hydroxylation is 1. The Labute approximate surface area is 171 Å². The molecule has 5 nitrogen and oxygen atoms in total. The Bertz CT molecular complexity index is 978. The zero-order valence-corrected chi connectivity index (χ0v) is 17.0. The van der Waals surface area contributed by atoms with Gasteiger partial charge in [0.15, 0.2) is 0 Å². The van der Waals surface area contributed by atoms with Crippen LogP contribution >= 0.6 is 12.4 Å². The summed E-state index contributed by atoms with van der Waals surface area (Å²) in [6.07, 6.45) is 5.85. The van der Waals surface area contributed by atoms with Gasteiger partial charge in [0, 0.05) is 24.5 Å². The molecule has 2 N–H and O–H groups in total. The monoisotopic (exact) mass is 398 g/mol. The summed E-state index contributed by atoms with van der Waals surface area (Å²) < 4.78 is 1.64. The van der Waals surface area contributed by atoms with Crippen molar-refractivity contribution in [3.63, 3.8) is 0 Å². The van der Waals surface area contributed by atoms with Gasteiger partial charge >= 0.3 is 0 Å². The van der Waals surface area contributed by atoms with Gasteiger partial charge in [-0.25, -0.2) is 4.98 Å². The Balaban J connectivity index is 0.00000225. The second-order valence-electron chi connectivity index (χ2n) is 7.18. The lowest BCUT2D eigenvalue weighted by Gasteiger charge is -2.14. The molecule has 1 saturated heterocycles. The number of rotatable bonds is 6. The molecule has 6 heteroatoms. The van der Waals surface area contributed by atoms with E-state index in [0.717, 1.165) is 61.3 Å². The highest BCUT2D eigenvalue weighted by atomic mass is 35.5. The van der Waals surface area contributed by atoms with E-state index in [1.807, 2.05) is 30.3 Å². The second-order valence-corrected chi connectivity index (χ2v) is 7.18. The highest BCUT2D eigenvalue weighted by Crippen LogP contribution is 2.23. The molecule has 0 spiro atoms. The van der Waals surface area contributed by atoms with Crippen LogP contribution in [0.2, 0.25) is 0 Å². The van der Waals surface area contributed by atoms with Gasteiger partial charge < -0.3 is 10.6 Å². The number of anilines is 1. The molecule has 148 valence electrons. The van der Waals surface area contributed by atoms with E-state index in [-0.39, 0.29) is 18.0 Å². The van der Waals surface area contributed by atoms with Gasteiger partial charge in [-0.1, -0.05) is 31.5 Å². The van der Waals surface area contributed by atoms with Crippen LogP contribution in [0.15, 0.2) is 53.5 Å². The number of nitrogens with one attached hydrogen (secondary N) is 2. The van der Waals surface area contributed by atoms with Gasteiger partial charge in [-0.2, -0.15) is 0 Å². The number of nitrogens with zero attached hydrogens (tertiary/aromatic N) is 2. The zero-order chi connectivity index (χ0) is 18.6. The van der Waals surface area contributed by atoms with Crippen molar-refractivity contribution in [3.8, 4) is 11.1 Å². The quantitative estimate of drug-likeness (QED) is 0.661. The number of fused-ring (bicyclic) bond motifs is 1. The summed E-state index contributed by atoms with van der Waals surface area (Å²) >= 11 is 0. The van der Waals surface area contributed by atoms with Crippen LogP contribution in [0, 0.1) is 0 Å². The van der Waals surface area contributed by atoms with Crippen LogP contribution in [0.25, 0.3) is 16.8 Å². The van der Waals surface area contributed by atoms with Crippen LogP contribution < -0.4 is 16.2 Å². The minimum absolute atomic E-state index is 0. The van der Waals surface area contributed by atoms with Crippen LogP contribution in [0.3, 0.4) is 0 Å². The van der Waals surface area contributed by atoms with E-state index in [9.17, 15) is 4.79 Å². The first-order valence-corrected chi connectivity index (χ1v) is 9.84. The van der Waals surface area contributed by atoms with E-state index in [4.69, 9.17) is 4.98 Å². The first-order chi connectivity index (χ1) is 13.3. The second kappa shape index (κ2) is 9.22. The summed E-state index contributed by atoms with van der Waals surface area (Å²) in [7, 11) is 0. The van der Waals surface area contributed by atoms with Crippen molar-refractivity contribution >= 4 is 23.7 Å². The molecular weight excluding hydrogens is 372 g/mol. The molecule has 3 aromatic rings. The summed E-state index contributed by atoms with van der Waals surface area (Å²) in [5.41, 5.74) is 4.37. The number of hydrogen-bond acceptors (Lipinski definition) is 4. The Morgan fingerprint density at radius 1 is 1.21 bits per heavy atom. The molecule has 1 aliphatic heterocycles. The van der Waals surface area contributed by atoms with E-state index in [0.29, 0.717) is 11.7 Å². The summed E-state index contributed by atoms with van der Waals surface area (Å²) in [6.45, 7) is 4.22. The van der Waals surface area contributed by atoms with Crippen molar-refractivity contribution in [3.05, 3.63) is 64.7 Å². The molecule has 1 unspecified atom stereocenters. The van der Waals surface area contributed by atoms with Crippen LogP contribution in [0.1, 0.15) is 31.9 Å². The predicted molar refractivity (Wildman–Crippen MR) is 118 cm³/mol.